The number of rotatable bonds is 8. The maximum atomic E-state index is 5.80. The van der Waals surface area contributed by atoms with Crippen molar-refractivity contribution in [2.75, 3.05) is 7.11 Å². The number of para-hydroxylation sites is 1. The second-order valence-electron chi connectivity index (χ2n) is 10.2. The van der Waals surface area contributed by atoms with Crippen LogP contribution in [0.3, 0.4) is 0 Å². The van der Waals surface area contributed by atoms with Crippen LogP contribution in [0.15, 0.2) is 78.9 Å². The topological polar surface area (TPSA) is 9.23 Å². The van der Waals surface area contributed by atoms with E-state index in [0.29, 0.717) is 0 Å². The summed E-state index contributed by atoms with van der Waals surface area (Å²) in [5.41, 5.74) is 3.17. The summed E-state index contributed by atoms with van der Waals surface area (Å²) in [6.07, 6.45) is 15.5. The van der Waals surface area contributed by atoms with Gasteiger partial charge in [-0.1, -0.05) is 119 Å². The monoisotopic (exact) mass is 502 g/mol. The molecule has 2 aliphatic carbocycles. The van der Waals surface area contributed by atoms with Gasteiger partial charge in [0.1, 0.15) is 5.75 Å². The fourth-order valence-electron chi connectivity index (χ4n) is 6.25. The van der Waals surface area contributed by atoms with E-state index >= 15 is 0 Å². The van der Waals surface area contributed by atoms with Gasteiger partial charge in [0, 0.05) is 6.16 Å². The zero-order valence-corrected chi connectivity index (χ0v) is 23.0. The highest BCUT2D eigenvalue weighted by molar-refractivity contribution is 7.76. The van der Waals surface area contributed by atoms with Crippen molar-refractivity contribution in [2.24, 2.45) is 0 Å². The molecular weight excluding hydrogens is 462 g/mol. The average molecular weight is 503 g/mol. The summed E-state index contributed by atoms with van der Waals surface area (Å²) < 4.78 is 5.80. The molecule has 0 aliphatic heterocycles. The van der Waals surface area contributed by atoms with E-state index < -0.39 is 7.92 Å². The third kappa shape index (κ3) is 6.01. The Labute approximate surface area is 215 Å². The Morgan fingerprint density at radius 3 is 1.80 bits per heavy atom. The normalized spacial score (nSPS) is 18.5. The molecule has 3 aromatic carbocycles. The quantitative estimate of drug-likeness (QED) is 0.283. The molecule has 1 unspecified atom stereocenters. The van der Waals surface area contributed by atoms with Gasteiger partial charge in [-0.15, -0.1) is 0 Å². The summed E-state index contributed by atoms with van der Waals surface area (Å²) in [6.45, 7) is 0. The SMILES string of the molecule is COc1ccccc1CP(c1ccccc1)c1ccccc1P(C1CCCCC1)C1CCCCC1. The molecule has 3 heteroatoms. The largest absolute Gasteiger partial charge is 0.496 e. The van der Waals surface area contributed by atoms with Gasteiger partial charge in [0.25, 0.3) is 0 Å². The van der Waals surface area contributed by atoms with Crippen LogP contribution in [0.2, 0.25) is 0 Å². The van der Waals surface area contributed by atoms with Crippen molar-refractivity contribution in [1.82, 2.24) is 0 Å². The lowest BCUT2D eigenvalue weighted by Gasteiger charge is -2.40. The van der Waals surface area contributed by atoms with Gasteiger partial charge >= 0.3 is 0 Å². The highest BCUT2D eigenvalue weighted by Gasteiger charge is 2.34. The molecule has 0 bridgehead atoms. The van der Waals surface area contributed by atoms with E-state index in [1.54, 1.807) is 10.6 Å². The molecule has 1 atom stereocenters. The summed E-state index contributed by atoms with van der Waals surface area (Å²) in [5, 5.41) is 4.87. The number of hydrogen-bond acceptors (Lipinski definition) is 1. The molecule has 35 heavy (non-hydrogen) atoms. The summed E-state index contributed by atoms with van der Waals surface area (Å²) in [6, 6.07) is 29.6. The van der Waals surface area contributed by atoms with E-state index in [1.807, 2.05) is 7.11 Å². The van der Waals surface area contributed by atoms with Gasteiger partial charge in [-0.2, -0.15) is 0 Å². The molecule has 0 spiro atoms. The summed E-state index contributed by atoms with van der Waals surface area (Å²) >= 11 is 0. The van der Waals surface area contributed by atoms with Crippen molar-refractivity contribution in [3.8, 4) is 5.75 Å². The fourth-order valence-corrected chi connectivity index (χ4v) is 13.2. The average Bonchev–Trinajstić information content (AvgIpc) is 2.94. The first kappa shape index (κ1) is 25.0. The van der Waals surface area contributed by atoms with Crippen LogP contribution < -0.4 is 20.7 Å². The molecule has 184 valence electrons. The lowest BCUT2D eigenvalue weighted by molar-refractivity contribution is 0.411. The Bertz CT molecular complexity index is 1040. The van der Waals surface area contributed by atoms with Crippen molar-refractivity contribution in [3.63, 3.8) is 0 Å². The Morgan fingerprint density at radius 1 is 0.629 bits per heavy atom. The lowest BCUT2D eigenvalue weighted by Crippen LogP contribution is -2.34. The fraction of sp³-hybridized carbons (Fsp3) is 0.438. The molecule has 2 aliphatic rings. The summed E-state index contributed by atoms with van der Waals surface area (Å²) in [5.74, 6) is 1.02. The Kier molecular flexibility index (Phi) is 8.94. The van der Waals surface area contributed by atoms with Gasteiger partial charge in [0.2, 0.25) is 0 Å². The molecule has 2 fully saturated rings. The molecule has 0 N–H and O–H groups in total. The van der Waals surface area contributed by atoms with Crippen molar-refractivity contribution in [2.45, 2.75) is 81.7 Å². The third-order valence-corrected chi connectivity index (χ3v) is 14.3. The van der Waals surface area contributed by atoms with E-state index in [4.69, 9.17) is 4.74 Å². The Morgan fingerprint density at radius 2 is 1.17 bits per heavy atom. The van der Waals surface area contributed by atoms with Crippen LogP contribution in [0.1, 0.15) is 69.8 Å². The minimum absolute atomic E-state index is 0.137. The molecule has 0 aromatic heterocycles. The molecule has 5 rings (SSSR count). The Balaban J connectivity index is 1.59. The van der Waals surface area contributed by atoms with Crippen LogP contribution in [0.25, 0.3) is 0 Å². The van der Waals surface area contributed by atoms with E-state index in [0.717, 1.165) is 23.2 Å². The number of benzene rings is 3. The second kappa shape index (κ2) is 12.5. The smallest absolute Gasteiger partial charge is 0.122 e. The summed E-state index contributed by atoms with van der Waals surface area (Å²) in [7, 11) is 1.16. The minimum atomic E-state index is -0.508. The van der Waals surface area contributed by atoms with E-state index in [9.17, 15) is 0 Å². The lowest BCUT2D eigenvalue weighted by atomic mass is 9.99. The van der Waals surface area contributed by atoms with Gasteiger partial charge < -0.3 is 4.74 Å². The molecule has 0 amide bonds. The van der Waals surface area contributed by atoms with Gasteiger partial charge in [-0.05, 0) is 72.5 Å². The van der Waals surface area contributed by atoms with Crippen LogP contribution in [0.4, 0.5) is 0 Å². The molecule has 0 radical (unpaired) electrons. The van der Waals surface area contributed by atoms with E-state index in [-0.39, 0.29) is 7.92 Å². The van der Waals surface area contributed by atoms with E-state index in [2.05, 4.69) is 78.9 Å². The van der Waals surface area contributed by atoms with Crippen LogP contribution in [-0.2, 0) is 6.16 Å². The maximum absolute atomic E-state index is 5.80. The summed E-state index contributed by atoms with van der Waals surface area (Å²) in [4.78, 5) is 0. The van der Waals surface area contributed by atoms with Crippen LogP contribution in [-0.4, -0.2) is 18.4 Å². The van der Waals surface area contributed by atoms with Gasteiger partial charge in [0.15, 0.2) is 0 Å². The zero-order valence-electron chi connectivity index (χ0n) is 21.2. The highest BCUT2D eigenvalue weighted by Crippen LogP contribution is 2.56. The Hall–Kier alpha value is -1.68. The molecule has 2 saturated carbocycles. The van der Waals surface area contributed by atoms with Gasteiger partial charge in [-0.25, -0.2) is 0 Å². The molecular formula is C32H40OP2. The van der Waals surface area contributed by atoms with Crippen molar-refractivity contribution < 1.29 is 4.74 Å². The maximum Gasteiger partial charge on any atom is 0.122 e. The second-order valence-corrected chi connectivity index (χ2v) is 15.1. The van der Waals surface area contributed by atoms with E-state index in [1.165, 1.54) is 75.1 Å². The predicted molar refractivity (Wildman–Crippen MR) is 156 cm³/mol. The first-order chi connectivity index (χ1) is 17.3. The molecule has 0 heterocycles. The van der Waals surface area contributed by atoms with Crippen LogP contribution in [0, 0.1) is 0 Å². The van der Waals surface area contributed by atoms with Crippen LogP contribution in [0.5, 0.6) is 5.75 Å². The molecule has 1 nitrogen and oxygen atoms in total. The van der Waals surface area contributed by atoms with Crippen molar-refractivity contribution in [1.29, 1.82) is 0 Å². The molecule has 3 aromatic rings. The number of hydrogen-bond donors (Lipinski definition) is 0. The standard InChI is InChI=1S/C32H40OP2/c1-33-30-22-12-11-15-26(30)25-34(27-16-5-2-6-17-27)31-23-13-14-24-32(31)35(28-18-7-3-8-19-28)29-20-9-4-10-21-29/h2,5-6,11-17,22-24,28-29H,3-4,7-10,18-21,25H2,1H3. The number of methoxy groups -OCH3 is 1. The molecule has 0 saturated heterocycles. The highest BCUT2D eigenvalue weighted by atomic mass is 31.1. The minimum Gasteiger partial charge on any atom is -0.496 e. The van der Waals surface area contributed by atoms with Crippen molar-refractivity contribution in [3.05, 3.63) is 84.4 Å². The van der Waals surface area contributed by atoms with Gasteiger partial charge in [0.05, 0.1) is 7.11 Å². The van der Waals surface area contributed by atoms with Crippen LogP contribution >= 0.6 is 15.8 Å². The predicted octanol–water partition coefficient (Wildman–Crippen LogP) is 8.10. The van der Waals surface area contributed by atoms with Crippen molar-refractivity contribution >= 4 is 31.8 Å². The van der Waals surface area contributed by atoms with Gasteiger partial charge in [-0.3, -0.25) is 0 Å². The first-order valence-corrected chi connectivity index (χ1v) is 16.7. The zero-order chi connectivity index (χ0) is 23.9. The third-order valence-electron chi connectivity index (χ3n) is 7.98. The first-order valence-electron chi connectivity index (χ1n) is 13.7. The number of ether oxygens (including phenoxy) is 1.